The van der Waals surface area contributed by atoms with Gasteiger partial charge in [-0.1, -0.05) is 12.0 Å². The third kappa shape index (κ3) is 3.11. The first kappa shape index (κ1) is 13.5. The van der Waals surface area contributed by atoms with Crippen molar-refractivity contribution in [2.45, 2.75) is 6.61 Å². The summed E-state index contributed by atoms with van der Waals surface area (Å²) in [5.41, 5.74) is 1.47. The van der Waals surface area contributed by atoms with Gasteiger partial charge >= 0.3 is 0 Å². The fourth-order valence-corrected chi connectivity index (χ4v) is 1.91. The Morgan fingerprint density at radius 2 is 2.32 bits per heavy atom. The lowest BCUT2D eigenvalue weighted by atomic mass is 10.0. The minimum Gasteiger partial charge on any atom is -0.472 e. The number of carbonyl (C=O) groups is 1. The van der Waals surface area contributed by atoms with Crippen LogP contribution in [0.4, 0.5) is 0 Å². The topological polar surface area (TPSA) is 44.1 Å². The summed E-state index contributed by atoms with van der Waals surface area (Å²) in [7, 11) is 0. The van der Waals surface area contributed by atoms with E-state index in [-0.39, 0.29) is 6.61 Å². The van der Waals surface area contributed by atoms with Gasteiger partial charge in [-0.2, -0.15) is 0 Å². The van der Waals surface area contributed by atoms with Crippen LogP contribution in [0.25, 0.3) is 0 Å². The third-order valence-electron chi connectivity index (χ3n) is 2.46. The van der Waals surface area contributed by atoms with Gasteiger partial charge in [0.05, 0.1) is 0 Å². The number of terminal acetylenes is 1. The first-order valence-corrected chi connectivity index (χ1v) is 6.05. The number of halogens is 1. The minimum absolute atomic E-state index is 0.110. The molecule has 0 saturated carbocycles. The lowest BCUT2D eigenvalue weighted by molar-refractivity contribution is 0.107. The first-order chi connectivity index (χ1) is 9.11. The van der Waals surface area contributed by atoms with Crippen LogP contribution in [0.1, 0.15) is 21.5 Å². The van der Waals surface area contributed by atoms with Gasteiger partial charge in [-0.3, -0.25) is 4.79 Å². The highest BCUT2D eigenvalue weighted by atomic mass is 35.5. The van der Waals surface area contributed by atoms with Crippen molar-refractivity contribution in [1.29, 1.82) is 0 Å². The largest absolute Gasteiger partial charge is 0.472 e. The standard InChI is InChI=1S/C13H9ClN2O2S/c1-2-9-4-3-5-10(13(14)17)11(9)8-18-12-6-7-16(19)15-12/h1,3-7,19H,8H2. The van der Waals surface area contributed by atoms with Gasteiger partial charge in [0.15, 0.2) is 0 Å². The number of hydrogen-bond donors (Lipinski definition) is 1. The molecule has 0 spiro atoms. The van der Waals surface area contributed by atoms with Crippen molar-refractivity contribution in [3.8, 4) is 18.2 Å². The smallest absolute Gasteiger partial charge is 0.252 e. The van der Waals surface area contributed by atoms with Crippen LogP contribution in [0.5, 0.6) is 5.88 Å². The highest BCUT2D eigenvalue weighted by Gasteiger charge is 2.13. The van der Waals surface area contributed by atoms with E-state index in [1.165, 1.54) is 4.09 Å². The van der Waals surface area contributed by atoms with Crippen molar-refractivity contribution < 1.29 is 9.53 Å². The van der Waals surface area contributed by atoms with Crippen molar-refractivity contribution in [2.75, 3.05) is 0 Å². The Kier molecular flexibility index (Phi) is 4.15. The summed E-state index contributed by atoms with van der Waals surface area (Å²) < 4.78 is 6.77. The van der Waals surface area contributed by atoms with E-state index in [9.17, 15) is 4.79 Å². The Bertz CT molecular complexity index is 661. The van der Waals surface area contributed by atoms with Crippen molar-refractivity contribution in [3.05, 3.63) is 47.2 Å². The van der Waals surface area contributed by atoms with Gasteiger partial charge in [0.1, 0.15) is 6.61 Å². The molecule has 0 unspecified atom stereocenters. The molecule has 0 fully saturated rings. The average Bonchev–Trinajstić information content (AvgIpc) is 2.81. The average molecular weight is 293 g/mol. The van der Waals surface area contributed by atoms with E-state index < -0.39 is 5.24 Å². The summed E-state index contributed by atoms with van der Waals surface area (Å²) in [4.78, 5) is 11.4. The molecule has 0 aliphatic heterocycles. The fraction of sp³-hybridized carbons (Fsp3) is 0.0769. The van der Waals surface area contributed by atoms with E-state index in [2.05, 4.69) is 23.8 Å². The van der Waals surface area contributed by atoms with E-state index >= 15 is 0 Å². The van der Waals surface area contributed by atoms with Crippen LogP contribution in [0.3, 0.4) is 0 Å². The molecule has 1 aromatic carbocycles. The maximum absolute atomic E-state index is 11.4. The molecule has 2 aromatic rings. The predicted molar refractivity (Wildman–Crippen MR) is 75.5 cm³/mol. The first-order valence-electron chi connectivity index (χ1n) is 5.28. The predicted octanol–water partition coefficient (Wildman–Crippen LogP) is 2.52. The maximum atomic E-state index is 11.4. The van der Waals surface area contributed by atoms with E-state index in [0.29, 0.717) is 22.6 Å². The van der Waals surface area contributed by atoms with Gasteiger partial charge in [-0.05, 0) is 36.5 Å². The highest BCUT2D eigenvalue weighted by molar-refractivity contribution is 7.78. The second-order valence-electron chi connectivity index (χ2n) is 3.61. The molecule has 0 atom stereocenters. The molecular weight excluding hydrogens is 284 g/mol. The highest BCUT2D eigenvalue weighted by Crippen LogP contribution is 2.19. The van der Waals surface area contributed by atoms with Crippen LogP contribution >= 0.6 is 24.4 Å². The SMILES string of the molecule is C#Cc1cccc(C(=O)Cl)c1COc1ccn(S)n1. The van der Waals surface area contributed by atoms with Crippen LogP contribution in [-0.2, 0) is 6.61 Å². The number of hydrogen-bond acceptors (Lipinski definition) is 4. The van der Waals surface area contributed by atoms with Gasteiger partial charge in [0, 0.05) is 29.0 Å². The zero-order valence-electron chi connectivity index (χ0n) is 9.71. The number of nitrogens with zero attached hydrogens (tertiary/aromatic N) is 2. The number of carbonyl (C=O) groups excluding carboxylic acids is 1. The second kappa shape index (κ2) is 5.83. The van der Waals surface area contributed by atoms with Crippen molar-refractivity contribution in [2.24, 2.45) is 0 Å². The second-order valence-corrected chi connectivity index (χ2v) is 4.37. The molecule has 1 aromatic heterocycles. The quantitative estimate of drug-likeness (QED) is 0.535. The normalized spacial score (nSPS) is 9.95. The summed E-state index contributed by atoms with van der Waals surface area (Å²) in [6.45, 7) is 0.110. The number of rotatable bonds is 4. The molecule has 0 N–H and O–H groups in total. The number of ether oxygens (including phenoxy) is 1. The summed E-state index contributed by atoms with van der Waals surface area (Å²) in [5, 5.41) is 3.37. The van der Waals surface area contributed by atoms with E-state index in [1.54, 1.807) is 30.5 Å². The van der Waals surface area contributed by atoms with Crippen molar-refractivity contribution in [3.63, 3.8) is 0 Å². The summed E-state index contributed by atoms with van der Waals surface area (Å²) >= 11 is 9.52. The molecule has 0 aliphatic rings. The Morgan fingerprint density at radius 1 is 1.53 bits per heavy atom. The Labute approximate surface area is 120 Å². The molecule has 19 heavy (non-hydrogen) atoms. The molecule has 0 saturated heterocycles. The van der Waals surface area contributed by atoms with Crippen LogP contribution < -0.4 is 4.74 Å². The zero-order chi connectivity index (χ0) is 13.8. The monoisotopic (exact) mass is 292 g/mol. The number of aromatic nitrogens is 2. The molecule has 2 rings (SSSR count). The number of benzene rings is 1. The third-order valence-corrected chi connectivity index (χ3v) is 2.89. The van der Waals surface area contributed by atoms with E-state index in [1.807, 2.05) is 0 Å². The van der Waals surface area contributed by atoms with Crippen molar-refractivity contribution >= 4 is 29.7 Å². The van der Waals surface area contributed by atoms with Crippen LogP contribution in [-0.4, -0.2) is 14.4 Å². The fourth-order valence-electron chi connectivity index (χ4n) is 1.58. The van der Waals surface area contributed by atoms with Gasteiger partial charge in [0.2, 0.25) is 5.88 Å². The van der Waals surface area contributed by atoms with Gasteiger partial charge in [-0.25, -0.2) is 4.09 Å². The Hall–Kier alpha value is -1.90. The summed E-state index contributed by atoms with van der Waals surface area (Å²) in [6.07, 6.45) is 7.02. The molecule has 0 amide bonds. The minimum atomic E-state index is -0.574. The summed E-state index contributed by atoms with van der Waals surface area (Å²) in [6, 6.07) is 6.65. The molecule has 0 bridgehead atoms. The molecule has 96 valence electrons. The van der Waals surface area contributed by atoms with Crippen molar-refractivity contribution in [1.82, 2.24) is 9.19 Å². The molecule has 0 radical (unpaired) electrons. The summed E-state index contributed by atoms with van der Waals surface area (Å²) in [5.74, 6) is 2.88. The lowest BCUT2D eigenvalue weighted by Gasteiger charge is -2.09. The Morgan fingerprint density at radius 3 is 2.89 bits per heavy atom. The van der Waals surface area contributed by atoms with Gasteiger partial charge in [-0.15, -0.1) is 11.5 Å². The van der Waals surface area contributed by atoms with Crippen LogP contribution in [0.15, 0.2) is 30.5 Å². The molecule has 4 nitrogen and oxygen atoms in total. The van der Waals surface area contributed by atoms with Gasteiger partial charge in [0.25, 0.3) is 5.24 Å². The van der Waals surface area contributed by atoms with Crippen LogP contribution in [0, 0.1) is 12.3 Å². The number of thiol groups is 1. The molecule has 1 heterocycles. The van der Waals surface area contributed by atoms with Gasteiger partial charge < -0.3 is 4.74 Å². The Balaban J connectivity index is 2.28. The molecule has 0 aliphatic carbocycles. The van der Waals surface area contributed by atoms with E-state index in [0.717, 1.165) is 0 Å². The molecular formula is C13H9ClN2O2S. The maximum Gasteiger partial charge on any atom is 0.252 e. The zero-order valence-corrected chi connectivity index (χ0v) is 11.4. The van der Waals surface area contributed by atoms with Crippen LogP contribution in [0.2, 0.25) is 0 Å². The van der Waals surface area contributed by atoms with E-state index in [4.69, 9.17) is 22.8 Å². The lowest BCUT2D eigenvalue weighted by Crippen LogP contribution is -2.05. The molecule has 6 heteroatoms.